The largest absolute Gasteiger partial charge is 0.464 e. The molecule has 4 nitrogen and oxygen atoms in total. The van der Waals surface area contributed by atoms with E-state index in [1.807, 2.05) is 18.2 Å². The fourth-order valence-electron chi connectivity index (χ4n) is 2.39. The molecule has 0 radical (unpaired) electrons. The molecule has 0 aromatic heterocycles. The SMILES string of the molecule is CCCc1ccc(-c2cccc(OCOC)c2OCOC)cc1. The van der Waals surface area contributed by atoms with Crippen LogP contribution in [-0.2, 0) is 15.9 Å². The fourth-order valence-corrected chi connectivity index (χ4v) is 2.39. The van der Waals surface area contributed by atoms with Crippen LogP contribution in [0.25, 0.3) is 11.1 Å². The third-order valence-electron chi connectivity index (χ3n) is 3.44. The molecule has 124 valence electrons. The molecule has 2 rings (SSSR count). The maximum atomic E-state index is 5.74. The van der Waals surface area contributed by atoms with Crippen molar-refractivity contribution in [1.29, 1.82) is 0 Å². The lowest BCUT2D eigenvalue weighted by Crippen LogP contribution is -2.05. The zero-order valence-electron chi connectivity index (χ0n) is 14.0. The molecule has 2 aromatic rings. The molecule has 0 saturated carbocycles. The van der Waals surface area contributed by atoms with E-state index < -0.39 is 0 Å². The summed E-state index contributed by atoms with van der Waals surface area (Å²) in [4.78, 5) is 0. The van der Waals surface area contributed by atoms with Gasteiger partial charge in [0.05, 0.1) is 0 Å². The monoisotopic (exact) mass is 316 g/mol. The zero-order chi connectivity index (χ0) is 16.5. The van der Waals surface area contributed by atoms with Crippen molar-refractivity contribution in [3.8, 4) is 22.6 Å². The molecule has 2 aromatic carbocycles. The molecule has 4 heteroatoms. The predicted molar refractivity (Wildman–Crippen MR) is 90.9 cm³/mol. The number of benzene rings is 2. The minimum absolute atomic E-state index is 0.161. The Hall–Kier alpha value is -2.04. The normalized spacial score (nSPS) is 10.6. The number of hydrogen-bond donors (Lipinski definition) is 0. The molecule has 0 N–H and O–H groups in total. The van der Waals surface area contributed by atoms with Crippen molar-refractivity contribution in [2.75, 3.05) is 27.8 Å². The van der Waals surface area contributed by atoms with Crippen molar-refractivity contribution in [3.63, 3.8) is 0 Å². The standard InChI is InChI=1S/C19H24O4/c1-4-6-15-9-11-16(12-10-15)17-7-5-8-18(22-13-20-2)19(17)23-14-21-3/h5,7-12H,4,6,13-14H2,1-3H3. The van der Waals surface area contributed by atoms with Crippen molar-refractivity contribution in [3.05, 3.63) is 48.0 Å². The van der Waals surface area contributed by atoms with Gasteiger partial charge in [-0.05, 0) is 23.6 Å². The quantitative estimate of drug-likeness (QED) is 0.647. The Morgan fingerprint density at radius 2 is 1.52 bits per heavy atom. The van der Waals surface area contributed by atoms with E-state index >= 15 is 0 Å². The van der Waals surface area contributed by atoms with Crippen molar-refractivity contribution in [1.82, 2.24) is 0 Å². The molecule has 0 unspecified atom stereocenters. The molecule has 0 saturated heterocycles. The van der Waals surface area contributed by atoms with E-state index in [1.54, 1.807) is 14.2 Å². The van der Waals surface area contributed by atoms with Crippen LogP contribution in [0.2, 0.25) is 0 Å². The molecular weight excluding hydrogens is 292 g/mol. The van der Waals surface area contributed by atoms with E-state index in [1.165, 1.54) is 5.56 Å². The third kappa shape index (κ3) is 4.71. The summed E-state index contributed by atoms with van der Waals surface area (Å²) in [6.45, 7) is 2.51. The van der Waals surface area contributed by atoms with Gasteiger partial charge < -0.3 is 18.9 Å². The number of aryl methyl sites for hydroxylation is 1. The summed E-state index contributed by atoms with van der Waals surface area (Å²) in [6, 6.07) is 14.3. The van der Waals surface area contributed by atoms with Gasteiger partial charge in [0.25, 0.3) is 0 Å². The molecule has 0 atom stereocenters. The van der Waals surface area contributed by atoms with Gasteiger partial charge in [-0.1, -0.05) is 49.7 Å². The van der Waals surface area contributed by atoms with Crippen LogP contribution in [0, 0.1) is 0 Å². The average Bonchev–Trinajstić information content (AvgIpc) is 2.59. The van der Waals surface area contributed by atoms with Crippen LogP contribution < -0.4 is 9.47 Å². The Bertz CT molecular complexity index is 593. The molecule has 0 aliphatic rings. The summed E-state index contributed by atoms with van der Waals surface area (Å²) in [7, 11) is 3.18. The second kappa shape index (κ2) is 9.18. The van der Waals surface area contributed by atoms with Gasteiger partial charge in [-0.3, -0.25) is 0 Å². The van der Waals surface area contributed by atoms with E-state index in [0.717, 1.165) is 24.0 Å². The summed E-state index contributed by atoms with van der Waals surface area (Å²) >= 11 is 0. The predicted octanol–water partition coefficient (Wildman–Crippen LogP) is 4.27. The van der Waals surface area contributed by atoms with Gasteiger partial charge in [-0.15, -0.1) is 0 Å². The van der Waals surface area contributed by atoms with Crippen LogP contribution in [0.5, 0.6) is 11.5 Å². The maximum absolute atomic E-state index is 5.74. The molecular formula is C19H24O4. The highest BCUT2D eigenvalue weighted by atomic mass is 16.7. The minimum Gasteiger partial charge on any atom is -0.464 e. The average molecular weight is 316 g/mol. The van der Waals surface area contributed by atoms with Gasteiger partial charge in [-0.25, -0.2) is 0 Å². The Kier molecular flexibility index (Phi) is 6.91. The molecule has 0 aliphatic carbocycles. The van der Waals surface area contributed by atoms with Crippen LogP contribution in [0.15, 0.2) is 42.5 Å². The van der Waals surface area contributed by atoms with Crippen LogP contribution in [0.1, 0.15) is 18.9 Å². The highest BCUT2D eigenvalue weighted by molar-refractivity contribution is 5.74. The zero-order valence-corrected chi connectivity index (χ0v) is 14.0. The lowest BCUT2D eigenvalue weighted by molar-refractivity contribution is 0.0326. The van der Waals surface area contributed by atoms with Crippen molar-refractivity contribution >= 4 is 0 Å². The van der Waals surface area contributed by atoms with E-state index in [9.17, 15) is 0 Å². The second-order valence-electron chi connectivity index (χ2n) is 5.18. The molecule has 0 spiro atoms. The van der Waals surface area contributed by atoms with Crippen molar-refractivity contribution in [2.45, 2.75) is 19.8 Å². The molecule has 0 amide bonds. The van der Waals surface area contributed by atoms with Crippen molar-refractivity contribution < 1.29 is 18.9 Å². The van der Waals surface area contributed by atoms with Gasteiger partial charge in [0.2, 0.25) is 0 Å². The Labute approximate surface area is 137 Å². The number of methoxy groups -OCH3 is 2. The fraction of sp³-hybridized carbons (Fsp3) is 0.368. The van der Waals surface area contributed by atoms with E-state index in [-0.39, 0.29) is 13.6 Å². The molecule has 23 heavy (non-hydrogen) atoms. The lowest BCUT2D eigenvalue weighted by Gasteiger charge is -2.16. The smallest absolute Gasteiger partial charge is 0.188 e. The van der Waals surface area contributed by atoms with Gasteiger partial charge in [-0.2, -0.15) is 0 Å². The van der Waals surface area contributed by atoms with E-state index in [2.05, 4.69) is 31.2 Å². The first-order chi connectivity index (χ1) is 11.3. The highest BCUT2D eigenvalue weighted by Crippen LogP contribution is 2.38. The number of para-hydroxylation sites is 1. The summed E-state index contributed by atoms with van der Waals surface area (Å²) in [5.41, 5.74) is 3.39. The Balaban J connectivity index is 2.34. The first-order valence-corrected chi connectivity index (χ1v) is 7.76. The Morgan fingerprint density at radius 1 is 0.826 bits per heavy atom. The third-order valence-corrected chi connectivity index (χ3v) is 3.44. The molecule has 0 heterocycles. The minimum atomic E-state index is 0.161. The van der Waals surface area contributed by atoms with Gasteiger partial charge >= 0.3 is 0 Å². The number of ether oxygens (including phenoxy) is 4. The summed E-state index contributed by atoms with van der Waals surface area (Å²) in [5, 5.41) is 0. The summed E-state index contributed by atoms with van der Waals surface area (Å²) < 4.78 is 21.4. The first-order valence-electron chi connectivity index (χ1n) is 7.76. The summed E-state index contributed by atoms with van der Waals surface area (Å²) in [5.74, 6) is 1.30. The Morgan fingerprint density at radius 3 is 2.17 bits per heavy atom. The van der Waals surface area contributed by atoms with Crippen LogP contribution >= 0.6 is 0 Å². The first kappa shape index (κ1) is 17.3. The number of hydrogen-bond acceptors (Lipinski definition) is 4. The van der Waals surface area contributed by atoms with E-state index in [4.69, 9.17) is 18.9 Å². The number of rotatable bonds is 9. The topological polar surface area (TPSA) is 36.9 Å². The van der Waals surface area contributed by atoms with E-state index in [0.29, 0.717) is 11.5 Å². The van der Waals surface area contributed by atoms with Crippen LogP contribution in [0.3, 0.4) is 0 Å². The maximum Gasteiger partial charge on any atom is 0.188 e. The molecule has 0 fully saturated rings. The molecule has 0 aliphatic heterocycles. The second-order valence-corrected chi connectivity index (χ2v) is 5.18. The van der Waals surface area contributed by atoms with Gasteiger partial charge in [0.15, 0.2) is 25.1 Å². The van der Waals surface area contributed by atoms with Gasteiger partial charge in [0.1, 0.15) is 0 Å². The highest BCUT2D eigenvalue weighted by Gasteiger charge is 2.13. The van der Waals surface area contributed by atoms with Gasteiger partial charge in [0, 0.05) is 19.8 Å². The summed E-state index contributed by atoms with van der Waals surface area (Å²) in [6.07, 6.45) is 2.23. The lowest BCUT2D eigenvalue weighted by atomic mass is 10.0. The van der Waals surface area contributed by atoms with Crippen LogP contribution in [0.4, 0.5) is 0 Å². The van der Waals surface area contributed by atoms with Crippen LogP contribution in [-0.4, -0.2) is 27.8 Å². The molecule has 0 bridgehead atoms. The van der Waals surface area contributed by atoms with Crippen molar-refractivity contribution in [2.24, 2.45) is 0 Å².